The maximum Gasteiger partial charge on any atom is 0.329 e. The molecule has 0 radical (unpaired) electrons. The molecule has 4 saturated carbocycles. The van der Waals surface area contributed by atoms with Crippen LogP contribution < -0.4 is 14.8 Å². The van der Waals surface area contributed by atoms with Gasteiger partial charge in [0.25, 0.3) is 5.91 Å². The van der Waals surface area contributed by atoms with Crippen molar-refractivity contribution >= 4 is 17.7 Å². The number of hydrogen-bond donors (Lipinski definition) is 1. The molecule has 1 amide bonds. The van der Waals surface area contributed by atoms with E-state index in [1.807, 2.05) is 13.8 Å². The van der Waals surface area contributed by atoms with Crippen LogP contribution in [0.5, 0.6) is 11.5 Å². The number of rotatable bonds is 9. The van der Waals surface area contributed by atoms with Gasteiger partial charge in [0.2, 0.25) is 0 Å². The molecule has 4 aliphatic carbocycles. The second-order valence-electron chi connectivity index (χ2n) is 10.5. The second-order valence-corrected chi connectivity index (χ2v) is 10.5. The highest BCUT2D eigenvalue weighted by molar-refractivity contribution is 5.98. The summed E-state index contributed by atoms with van der Waals surface area (Å²) in [6, 6.07) is 3.97. The van der Waals surface area contributed by atoms with Crippen LogP contribution in [0.3, 0.4) is 0 Å². The van der Waals surface area contributed by atoms with E-state index in [-0.39, 0.29) is 23.7 Å². The highest BCUT2D eigenvalue weighted by Gasteiger charge is 2.54. The number of esters is 1. The van der Waals surface area contributed by atoms with Crippen LogP contribution in [0.1, 0.15) is 62.7 Å². The number of carbonyl (C=O) groups excluding carboxylic acids is 3. The van der Waals surface area contributed by atoms with E-state index in [1.165, 1.54) is 33.5 Å². The van der Waals surface area contributed by atoms with Gasteiger partial charge < -0.3 is 19.5 Å². The molecular formula is C26H35NO6. The number of ketones is 1. The molecule has 0 aromatic heterocycles. The van der Waals surface area contributed by atoms with Crippen LogP contribution in [0, 0.1) is 29.1 Å². The molecule has 7 nitrogen and oxygen atoms in total. The Hall–Kier alpha value is -2.57. The zero-order chi connectivity index (χ0) is 23.8. The van der Waals surface area contributed by atoms with E-state index in [2.05, 4.69) is 5.32 Å². The first kappa shape index (κ1) is 23.6. The summed E-state index contributed by atoms with van der Waals surface area (Å²) in [5.41, 5.74) is 0.0113. The monoisotopic (exact) mass is 457 g/mol. The van der Waals surface area contributed by atoms with Gasteiger partial charge in [-0.1, -0.05) is 13.8 Å². The first-order valence-corrected chi connectivity index (χ1v) is 12.0. The first-order chi connectivity index (χ1) is 15.7. The van der Waals surface area contributed by atoms with E-state index >= 15 is 0 Å². The summed E-state index contributed by atoms with van der Waals surface area (Å²) < 4.78 is 15.9. The molecule has 4 bridgehead atoms. The van der Waals surface area contributed by atoms with Gasteiger partial charge in [0, 0.05) is 17.0 Å². The lowest BCUT2D eigenvalue weighted by Gasteiger charge is -2.55. The third kappa shape index (κ3) is 4.87. The van der Waals surface area contributed by atoms with Gasteiger partial charge in [-0.05, 0) is 74.3 Å². The molecule has 0 heterocycles. The van der Waals surface area contributed by atoms with Crippen LogP contribution in [0.4, 0.5) is 0 Å². The van der Waals surface area contributed by atoms with Crippen molar-refractivity contribution in [3.8, 4) is 11.5 Å². The summed E-state index contributed by atoms with van der Waals surface area (Å²) in [5.74, 6) is 1.75. The molecule has 0 unspecified atom stereocenters. The average molecular weight is 458 g/mol. The summed E-state index contributed by atoms with van der Waals surface area (Å²) in [6.45, 7) is 3.45. The topological polar surface area (TPSA) is 90.9 Å². The Bertz CT molecular complexity index is 866. The number of carbonyl (C=O) groups is 3. The quantitative estimate of drug-likeness (QED) is 0.568. The van der Waals surface area contributed by atoms with Gasteiger partial charge >= 0.3 is 5.97 Å². The number of methoxy groups -OCH3 is 2. The molecule has 180 valence electrons. The minimum absolute atomic E-state index is 0.0568. The fraction of sp³-hybridized carbons (Fsp3) is 0.654. The van der Waals surface area contributed by atoms with E-state index in [1.54, 1.807) is 18.2 Å². The van der Waals surface area contributed by atoms with Crippen molar-refractivity contribution < 1.29 is 28.6 Å². The first-order valence-electron chi connectivity index (χ1n) is 12.0. The van der Waals surface area contributed by atoms with Crippen LogP contribution in [-0.4, -0.2) is 44.5 Å². The Morgan fingerprint density at radius 2 is 1.45 bits per heavy atom. The van der Waals surface area contributed by atoms with Crippen LogP contribution in [0.25, 0.3) is 0 Å². The van der Waals surface area contributed by atoms with Crippen LogP contribution in [-0.2, 0) is 14.3 Å². The lowest BCUT2D eigenvalue weighted by atomic mass is 9.48. The SMILES string of the molecule is COc1cc(OC)cc(C(=O)N[C@H](C(=O)OCC(=O)C23CC4CC(CC(C4)C2)C3)C(C)C)c1. The van der Waals surface area contributed by atoms with Crippen molar-refractivity contribution in [3.05, 3.63) is 23.8 Å². The number of ether oxygens (including phenoxy) is 3. The predicted molar refractivity (Wildman–Crippen MR) is 122 cm³/mol. The van der Waals surface area contributed by atoms with E-state index in [0.717, 1.165) is 19.3 Å². The van der Waals surface area contributed by atoms with Gasteiger partial charge in [-0.2, -0.15) is 0 Å². The molecule has 1 N–H and O–H groups in total. The Labute approximate surface area is 195 Å². The third-order valence-corrected chi connectivity index (χ3v) is 7.80. The van der Waals surface area contributed by atoms with Crippen molar-refractivity contribution in [2.24, 2.45) is 29.1 Å². The molecule has 4 aliphatic rings. The van der Waals surface area contributed by atoms with Crippen molar-refractivity contribution in [1.29, 1.82) is 0 Å². The van der Waals surface area contributed by atoms with Crippen LogP contribution >= 0.6 is 0 Å². The molecule has 4 fully saturated rings. The van der Waals surface area contributed by atoms with Gasteiger partial charge in [-0.15, -0.1) is 0 Å². The average Bonchev–Trinajstić information content (AvgIpc) is 2.79. The minimum Gasteiger partial charge on any atom is -0.497 e. The third-order valence-electron chi connectivity index (χ3n) is 7.80. The standard InChI is InChI=1S/C26H35NO6/c1-15(2)23(27-24(29)19-8-20(31-3)10-21(9-19)32-4)25(30)33-14-22(28)26-11-16-5-17(12-26)7-18(6-16)13-26/h8-10,15-18,23H,5-7,11-14H2,1-4H3,(H,27,29)/t16?,17?,18?,23-,26?/m0/s1. The molecule has 0 spiro atoms. The lowest BCUT2D eigenvalue weighted by molar-refractivity contribution is -0.159. The summed E-state index contributed by atoms with van der Waals surface area (Å²) >= 11 is 0. The number of amides is 1. The molecule has 1 aromatic rings. The zero-order valence-corrected chi connectivity index (χ0v) is 20.0. The number of nitrogens with one attached hydrogen (secondary N) is 1. The summed E-state index contributed by atoms with van der Waals surface area (Å²) in [6.07, 6.45) is 6.58. The molecule has 1 aromatic carbocycles. The second kappa shape index (κ2) is 9.35. The molecular weight excluding hydrogens is 422 g/mol. The van der Waals surface area contributed by atoms with E-state index in [0.29, 0.717) is 34.8 Å². The van der Waals surface area contributed by atoms with Gasteiger partial charge in [0.05, 0.1) is 14.2 Å². The Morgan fingerprint density at radius 1 is 0.939 bits per heavy atom. The fourth-order valence-electron chi connectivity index (χ4n) is 6.49. The number of benzene rings is 1. The zero-order valence-electron chi connectivity index (χ0n) is 20.0. The maximum absolute atomic E-state index is 13.2. The Morgan fingerprint density at radius 3 is 1.91 bits per heavy atom. The summed E-state index contributed by atoms with van der Waals surface area (Å²) in [7, 11) is 3.01. The molecule has 7 heteroatoms. The largest absolute Gasteiger partial charge is 0.497 e. The highest BCUT2D eigenvalue weighted by Crippen LogP contribution is 2.60. The summed E-state index contributed by atoms with van der Waals surface area (Å²) in [5, 5.41) is 2.76. The van der Waals surface area contributed by atoms with Crippen molar-refractivity contribution in [1.82, 2.24) is 5.32 Å². The Balaban J connectivity index is 1.39. The number of hydrogen-bond acceptors (Lipinski definition) is 6. The van der Waals surface area contributed by atoms with E-state index in [4.69, 9.17) is 14.2 Å². The smallest absolute Gasteiger partial charge is 0.329 e. The van der Waals surface area contributed by atoms with Crippen LogP contribution in [0.15, 0.2) is 18.2 Å². The molecule has 5 rings (SSSR count). The molecule has 33 heavy (non-hydrogen) atoms. The van der Waals surface area contributed by atoms with Gasteiger partial charge in [-0.25, -0.2) is 4.79 Å². The van der Waals surface area contributed by atoms with Gasteiger partial charge in [0.15, 0.2) is 12.4 Å². The molecule has 0 aliphatic heterocycles. The van der Waals surface area contributed by atoms with Crippen molar-refractivity contribution in [2.75, 3.05) is 20.8 Å². The Kier molecular flexibility index (Phi) is 6.68. The van der Waals surface area contributed by atoms with Gasteiger partial charge in [-0.3, -0.25) is 9.59 Å². The maximum atomic E-state index is 13.2. The fourth-order valence-corrected chi connectivity index (χ4v) is 6.49. The number of Topliss-reactive ketones (excluding diaryl/α,β-unsaturated/α-hetero) is 1. The summed E-state index contributed by atoms with van der Waals surface area (Å²) in [4.78, 5) is 38.9. The minimum atomic E-state index is -0.862. The van der Waals surface area contributed by atoms with E-state index < -0.39 is 17.9 Å². The van der Waals surface area contributed by atoms with Crippen LogP contribution in [0.2, 0.25) is 0 Å². The van der Waals surface area contributed by atoms with Crippen molar-refractivity contribution in [3.63, 3.8) is 0 Å². The lowest BCUT2D eigenvalue weighted by Crippen LogP contribution is -2.51. The normalized spacial score (nSPS) is 28.3. The molecule has 1 atom stereocenters. The van der Waals surface area contributed by atoms with E-state index in [9.17, 15) is 14.4 Å². The van der Waals surface area contributed by atoms with Gasteiger partial charge in [0.1, 0.15) is 17.5 Å². The molecule has 0 saturated heterocycles. The van der Waals surface area contributed by atoms with Crippen molar-refractivity contribution in [2.45, 2.75) is 58.4 Å². The highest BCUT2D eigenvalue weighted by atomic mass is 16.5. The predicted octanol–water partition coefficient (Wildman–Crippen LogP) is 3.79.